The first-order valence-corrected chi connectivity index (χ1v) is 5.06. The van der Waals surface area contributed by atoms with Gasteiger partial charge >= 0.3 is 0 Å². The van der Waals surface area contributed by atoms with Crippen LogP contribution in [0.4, 0.5) is 0 Å². The quantitative estimate of drug-likeness (QED) is 0.589. The zero-order valence-corrected chi connectivity index (χ0v) is 6.94. The molecule has 0 aliphatic rings. The minimum atomic E-state index is -1.07. The van der Waals surface area contributed by atoms with Gasteiger partial charge in [-0.1, -0.05) is 11.4 Å². The molecule has 0 saturated carbocycles. The van der Waals surface area contributed by atoms with Crippen LogP contribution in [0.25, 0.3) is 0 Å². The molecule has 0 amide bonds. The van der Waals surface area contributed by atoms with Crippen LogP contribution in [-0.4, -0.2) is 8.80 Å². The Morgan fingerprint density at radius 3 is 2.50 bits per heavy atom. The van der Waals surface area contributed by atoms with Crippen molar-refractivity contribution in [2.75, 3.05) is 0 Å². The number of hydrogen-bond acceptors (Lipinski definition) is 1. The van der Waals surface area contributed by atoms with Crippen molar-refractivity contribution in [2.24, 2.45) is 0 Å². The number of hydrogen-bond donors (Lipinski definition) is 0. The van der Waals surface area contributed by atoms with Crippen molar-refractivity contribution in [3.63, 3.8) is 0 Å². The maximum absolute atomic E-state index is 4.94. The molecular formula is C8H10OSi. The highest BCUT2D eigenvalue weighted by molar-refractivity contribution is 6.81. The summed E-state index contributed by atoms with van der Waals surface area (Å²) in [6.07, 6.45) is 3.45. The SMILES string of the molecule is C=C[SiH](C=C)c1ccoc1. The third kappa shape index (κ3) is 1.28. The third-order valence-electron chi connectivity index (χ3n) is 1.44. The third-order valence-corrected chi connectivity index (χ3v) is 3.55. The molecule has 0 saturated heterocycles. The fourth-order valence-electron chi connectivity index (χ4n) is 0.833. The largest absolute Gasteiger partial charge is 0.473 e. The molecule has 0 bridgehead atoms. The molecule has 1 rings (SSSR count). The second-order valence-electron chi connectivity index (χ2n) is 2.05. The Bertz CT molecular complexity index is 205. The van der Waals surface area contributed by atoms with Crippen molar-refractivity contribution in [3.8, 4) is 0 Å². The van der Waals surface area contributed by atoms with Crippen LogP contribution in [0.5, 0.6) is 0 Å². The molecule has 0 atom stereocenters. The van der Waals surface area contributed by atoms with Crippen LogP contribution in [0.1, 0.15) is 0 Å². The van der Waals surface area contributed by atoms with Gasteiger partial charge in [-0.25, -0.2) is 0 Å². The van der Waals surface area contributed by atoms with Crippen molar-refractivity contribution in [3.05, 3.63) is 43.1 Å². The van der Waals surface area contributed by atoms with Crippen LogP contribution in [0.15, 0.2) is 47.6 Å². The summed E-state index contributed by atoms with van der Waals surface area (Å²) in [5.74, 6) is 0. The van der Waals surface area contributed by atoms with E-state index in [0.717, 1.165) is 0 Å². The van der Waals surface area contributed by atoms with Crippen LogP contribution in [0, 0.1) is 0 Å². The average molecular weight is 150 g/mol. The lowest BCUT2D eigenvalue weighted by Crippen LogP contribution is -2.23. The van der Waals surface area contributed by atoms with E-state index < -0.39 is 8.80 Å². The molecular weight excluding hydrogens is 140 g/mol. The smallest absolute Gasteiger partial charge is 0.120 e. The van der Waals surface area contributed by atoms with Gasteiger partial charge in [-0.05, 0) is 11.3 Å². The van der Waals surface area contributed by atoms with Gasteiger partial charge in [0.05, 0.1) is 12.5 Å². The van der Waals surface area contributed by atoms with Crippen molar-refractivity contribution < 1.29 is 4.42 Å². The van der Waals surface area contributed by atoms with E-state index in [2.05, 4.69) is 13.2 Å². The second-order valence-corrected chi connectivity index (χ2v) is 4.71. The van der Waals surface area contributed by atoms with Crippen LogP contribution >= 0.6 is 0 Å². The van der Waals surface area contributed by atoms with Gasteiger partial charge in [0.25, 0.3) is 0 Å². The summed E-state index contributed by atoms with van der Waals surface area (Å²) in [7, 11) is -1.07. The Morgan fingerprint density at radius 2 is 2.10 bits per heavy atom. The van der Waals surface area contributed by atoms with E-state index in [4.69, 9.17) is 4.42 Å². The van der Waals surface area contributed by atoms with Gasteiger partial charge in [-0.2, -0.15) is 0 Å². The van der Waals surface area contributed by atoms with Crippen molar-refractivity contribution in [1.29, 1.82) is 0 Å². The lowest BCUT2D eigenvalue weighted by atomic mass is 10.7. The molecule has 0 aromatic carbocycles. The molecule has 10 heavy (non-hydrogen) atoms. The minimum absolute atomic E-state index is 1.07. The summed E-state index contributed by atoms with van der Waals surface area (Å²) in [6, 6.07) is 1.97. The molecule has 0 fully saturated rings. The normalized spacial score (nSPS) is 9.70. The summed E-state index contributed by atoms with van der Waals surface area (Å²) in [6.45, 7) is 7.47. The Hall–Kier alpha value is -1.02. The van der Waals surface area contributed by atoms with Crippen LogP contribution in [-0.2, 0) is 0 Å². The zero-order chi connectivity index (χ0) is 7.40. The van der Waals surface area contributed by atoms with Gasteiger partial charge in [0.15, 0.2) is 0 Å². The summed E-state index contributed by atoms with van der Waals surface area (Å²) in [5.41, 5.74) is 3.94. The van der Waals surface area contributed by atoms with Gasteiger partial charge < -0.3 is 4.42 Å². The fourth-order valence-corrected chi connectivity index (χ4v) is 2.11. The molecule has 1 heterocycles. The standard InChI is InChI=1S/C8H10OSi/c1-3-10(4-2)8-5-6-9-7-8/h3-7,10H,1-2H2. The van der Waals surface area contributed by atoms with E-state index in [1.807, 2.05) is 17.5 Å². The average Bonchev–Trinajstić information content (AvgIpc) is 2.43. The van der Waals surface area contributed by atoms with Crippen molar-refractivity contribution in [1.82, 2.24) is 0 Å². The van der Waals surface area contributed by atoms with Crippen LogP contribution < -0.4 is 5.19 Å². The van der Waals surface area contributed by atoms with E-state index in [1.165, 1.54) is 5.19 Å². The van der Waals surface area contributed by atoms with E-state index in [-0.39, 0.29) is 0 Å². The Balaban J connectivity index is 2.82. The molecule has 0 aliphatic heterocycles. The second kappa shape index (κ2) is 3.22. The molecule has 0 N–H and O–H groups in total. The van der Waals surface area contributed by atoms with Crippen molar-refractivity contribution in [2.45, 2.75) is 0 Å². The lowest BCUT2D eigenvalue weighted by Gasteiger charge is -1.97. The Morgan fingerprint density at radius 1 is 1.40 bits per heavy atom. The van der Waals surface area contributed by atoms with E-state index in [9.17, 15) is 0 Å². The van der Waals surface area contributed by atoms with E-state index in [0.29, 0.717) is 0 Å². The van der Waals surface area contributed by atoms with E-state index >= 15 is 0 Å². The maximum atomic E-state index is 4.94. The molecule has 1 nitrogen and oxygen atoms in total. The molecule has 0 aliphatic carbocycles. The predicted octanol–water partition coefficient (Wildman–Crippen LogP) is 1.16. The van der Waals surface area contributed by atoms with Crippen molar-refractivity contribution >= 4 is 14.0 Å². The molecule has 52 valence electrons. The summed E-state index contributed by atoms with van der Waals surface area (Å²) >= 11 is 0. The number of rotatable bonds is 3. The highest BCUT2D eigenvalue weighted by Gasteiger charge is 2.04. The summed E-state index contributed by atoms with van der Waals surface area (Å²) in [5, 5.41) is 1.24. The predicted molar refractivity (Wildman–Crippen MR) is 45.9 cm³/mol. The first-order valence-electron chi connectivity index (χ1n) is 3.15. The topological polar surface area (TPSA) is 13.1 Å². The zero-order valence-electron chi connectivity index (χ0n) is 5.79. The summed E-state index contributed by atoms with van der Waals surface area (Å²) in [4.78, 5) is 0. The van der Waals surface area contributed by atoms with Crippen LogP contribution in [0.2, 0.25) is 0 Å². The number of furan rings is 1. The van der Waals surface area contributed by atoms with Gasteiger partial charge in [0.2, 0.25) is 0 Å². The minimum Gasteiger partial charge on any atom is -0.473 e. The summed E-state index contributed by atoms with van der Waals surface area (Å²) < 4.78 is 4.94. The molecule has 0 unspecified atom stereocenters. The molecule has 2 heteroatoms. The Kier molecular flexibility index (Phi) is 2.28. The molecule has 1 aromatic heterocycles. The highest BCUT2D eigenvalue weighted by Crippen LogP contribution is 1.90. The molecule has 0 spiro atoms. The Labute approximate surface area is 62.3 Å². The molecule has 1 aromatic rings. The lowest BCUT2D eigenvalue weighted by molar-refractivity contribution is 0.569. The van der Waals surface area contributed by atoms with Gasteiger partial charge in [0, 0.05) is 0 Å². The first kappa shape index (κ1) is 7.09. The maximum Gasteiger partial charge on any atom is 0.120 e. The monoisotopic (exact) mass is 150 g/mol. The fraction of sp³-hybridized carbons (Fsp3) is 0. The van der Waals surface area contributed by atoms with Gasteiger partial charge in [0.1, 0.15) is 8.80 Å². The van der Waals surface area contributed by atoms with Gasteiger partial charge in [-0.15, -0.1) is 13.2 Å². The van der Waals surface area contributed by atoms with Crippen LogP contribution in [0.3, 0.4) is 0 Å². The van der Waals surface area contributed by atoms with Gasteiger partial charge in [-0.3, -0.25) is 0 Å². The van der Waals surface area contributed by atoms with E-state index in [1.54, 1.807) is 12.5 Å². The first-order chi connectivity index (χ1) is 4.88. The highest BCUT2D eigenvalue weighted by atomic mass is 28.3. The molecule has 0 radical (unpaired) electrons.